The molecule has 1 aliphatic heterocycles. The van der Waals surface area contributed by atoms with Crippen LogP contribution in [0, 0.1) is 0 Å². The van der Waals surface area contributed by atoms with Gasteiger partial charge in [0.15, 0.2) is 0 Å². The van der Waals surface area contributed by atoms with Crippen LogP contribution in [-0.4, -0.2) is 34.6 Å². The molecular formula is C15H20ClNO2. The molecule has 1 N–H and O–H groups in total. The minimum atomic E-state index is -0.639. The van der Waals surface area contributed by atoms with E-state index >= 15 is 0 Å². The molecule has 1 saturated heterocycles. The number of halogens is 1. The summed E-state index contributed by atoms with van der Waals surface area (Å²) in [6, 6.07) is 7.44. The van der Waals surface area contributed by atoms with Crippen LogP contribution in [0.15, 0.2) is 24.3 Å². The third kappa shape index (κ3) is 3.95. The molecule has 1 atom stereocenters. The average Bonchev–Trinajstić information content (AvgIpc) is 2.53. The van der Waals surface area contributed by atoms with E-state index in [1.165, 1.54) is 0 Å². The first-order valence-corrected chi connectivity index (χ1v) is 7.09. The number of rotatable bonds is 2. The lowest BCUT2D eigenvalue weighted by Gasteiger charge is -2.22. The molecule has 104 valence electrons. The van der Waals surface area contributed by atoms with Crippen LogP contribution < -0.4 is 0 Å². The van der Waals surface area contributed by atoms with Gasteiger partial charge in [0.25, 0.3) is 0 Å². The molecule has 3 nitrogen and oxygen atoms in total. The Labute approximate surface area is 119 Å². The van der Waals surface area contributed by atoms with Crippen molar-refractivity contribution in [3.8, 4) is 0 Å². The quantitative estimate of drug-likeness (QED) is 0.905. The van der Waals surface area contributed by atoms with Crippen LogP contribution in [0.2, 0.25) is 5.02 Å². The van der Waals surface area contributed by atoms with Crippen LogP contribution >= 0.6 is 11.6 Å². The Kier molecular flexibility index (Phi) is 4.48. The predicted octanol–water partition coefficient (Wildman–Crippen LogP) is 2.65. The van der Waals surface area contributed by atoms with E-state index in [-0.39, 0.29) is 5.91 Å². The molecule has 0 saturated carbocycles. The van der Waals surface area contributed by atoms with E-state index in [2.05, 4.69) is 0 Å². The lowest BCUT2D eigenvalue weighted by Crippen LogP contribution is -2.34. The third-order valence-electron chi connectivity index (χ3n) is 3.72. The standard InChI is InChI=1S/C15H20ClNO2/c1-15(19)7-4-9-17(10-8-15)14(18)11-12-5-2-3-6-13(12)16/h2-3,5-6,19H,4,7-11H2,1H3. The molecule has 0 spiro atoms. The van der Waals surface area contributed by atoms with E-state index < -0.39 is 5.60 Å². The maximum atomic E-state index is 12.3. The lowest BCUT2D eigenvalue weighted by atomic mass is 9.98. The van der Waals surface area contributed by atoms with Gasteiger partial charge in [-0.25, -0.2) is 0 Å². The highest BCUT2D eigenvalue weighted by atomic mass is 35.5. The van der Waals surface area contributed by atoms with Crippen LogP contribution in [0.1, 0.15) is 31.7 Å². The van der Waals surface area contributed by atoms with Crippen molar-refractivity contribution >= 4 is 17.5 Å². The van der Waals surface area contributed by atoms with E-state index in [4.69, 9.17) is 11.6 Å². The summed E-state index contributed by atoms with van der Waals surface area (Å²) in [6.45, 7) is 3.19. The largest absolute Gasteiger partial charge is 0.390 e. The van der Waals surface area contributed by atoms with Gasteiger partial charge in [0, 0.05) is 18.1 Å². The number of nitrogens with zero attached hydrogens (tertiary/aromatic N) is 1. The van der Waals surface area contributed by atoms with Gasteiger partial charge in [0.1, 0.15) is 0 Å². The number of aliphatic hydroxyl groups is 1. The fraction of sp³-hybridized carbons (Fsp3) is 0.533. The molecule has 0 aliphatic carbocycles. The van der Waals surface area contributed by atoms with Crippen molar-refractivity contribution in [2.24, 2.45) is 0 Å². The first kappa shape index (κ1) is 14.4. The van der Waals surface area contributed by atoms with Crippen molar-refractivity contribution in [2.45, 2.75) is 38.2 Å². The summed E-state index contributed by atoms with van der Waals surface area (Å²) in [4.78, 5) is 14.1. The number of carbonyl (C=O) groups is 1. The van der Waals surface area contributed by atoms with Crippen molar-refractivity contribution in [3.63, 3.8) is 0 Å². The summed E-state index contributed by atoms with van der Waals surface area (Å²) in [7, 11) is 0. The van der Waals surface area contributed by atoms with Gasteiger partial charge in [0.2, 0.25) is 5.91 Å². The topological polar surface area (TPSA) is 40.5 Å². The van der Waals surface area contributed by atoms with Gasteiger partial charge in [-0.1, -0.05) is 29.8 Å². The molecule has 1 amide bonds. The van der Waals surface area contributed by atoms with Crippen LogP contribution in [0.5, 0.6) is 0 Å². The lowest BCUT2D eigenvalue weighted by molar-refractivity contribution is -0.130. The molecule has 0 radical (unpaired) electrons. The molecule has 1 aromatic rings. The Hall–Kier alpha value is -1.06. The normalized spacial score (nSPS) is 24.1. The predicted molar refractivity (Wildman–Crippen MR) is 76.2 cm³/mol. The summed E-state index contributed by atoms with van der Waals surface area (Å²) >= 11 is 6.07. The maximum absolute atomic E-state index is 12.3. The summed E-state index contributed by atoms with van der Waals surface area (Å²) in [5.74, 6) is 0.0887. The van der Waals surface area contributed by atoms with Gasteiger partial charge in [-0.2, -0.15) is 0 Å². The molecule has 4 heteroatoms. The van der Waals surface area contributed by atoms with Gasteiger partial charge in [-0.15, -0.1) is 0 Å². The van der Waals surface area contributed by atoms with Crippen molar-refractivity contribution in [3.05, 3.63) is 34.9 Å². The fourth-order valence-corrected chi connectivity index (χ4v) is 2.63. The van der Waals surface area contributed by atoms with Crippen LogP contribution in [0.25, 0.3) is 0 Å². The zero-order valence-electron chi connectivity index (χ0n) is 11.2. The van der Waals surface area contributed by atoms with E-state index in [1.807, 2.05) is 30.0 Å². The minimum Gasteiger partial charge on any atom is -0.390 e. The minimum absolute atomic E-state index is 0.0887. The molecule has 1 aliphatic rings. The SMILES string of the molecule is CC1(O)CCCN(C(=O)Cc2ccccc2Cl)CC1. The number of likely N-dealkylation sites (tertiary alicyclic amines) is 1. The number of carbonyl (C=O) groups excluding carboxylic acids is 1. The zero-order chi connectivity index (χ0) is 13.9. The highest BCUT2D eigenvalue weighted by Crippen LogP contribution is 2.22. The molecule has 0 bridgehead atoms. The Morgan fingerprint density at radius 2 is 2.11 bits per heavy atom. The van der Waals surface area contributed by atoms with Gasteiger partial charge in [-0.05, 0) is 37.8 Å². The second-order valence-corrected chi connectivity index (χ2v) is 5.91. The number of benzene rings is 1. The van der Waals surface area contributed by atoms with Crippen molar-refractivity contribution in [2.75, 3.05) is 13.1 Å². The maximum Gasteiger partial charge on any atom is 0.227 e. The number of hydrogen-bond acceptors (Lipinski definition) is 2. The van der Waals surface area contributed by atoms with Crippen molar-refractivity contribution < 1.29 is 9.90 Å². The third-order valence-corrected chi connectivity index (χ3v) is 4.08. The summed E-state index contributed by atoms with van der Waals surface area (Å²) in [5, 5.41) is 10.7. The molecule has 1 fully saturated rings. The van der Waals surface area contributed by atoms with Crippen molar-refractivity contribution in [1.82, 2.24) is 4.90 Å². The highest BCUT2D eigenvalue weighted by Gasteiger charge is 2.27. The molecule has 2 rings (SSSR count). The zero-order valence-corrected chi connectivity index (χ0v) is 12.0. The second-order valence-electron chi connectivity index (χ2n) is 5.50. The first-order chi connectivity index (χ1) is 8.98. The molecule has 1 heterocycles. The smallest absolute Gasteiger partial charge is 0.227 e. The number of hydrogen-bond donors (Lipinski definition) is 1. The highest BCUT2D eigenvalue weighted by molar-refractivity contribution is 6.31. The Balaban J connectivity index is 1.99. The van der Waals surface area contributed by atoms with E-state index in [0.29, 0.717) is 24.4 Å². The number of amides is 1. The molecular weight excluding hydrogens is 262 g/mol. The van der Waals surface area contributed by atoms with Crippen LogP contribution in [-0.2, 0) is 11.2 Å². The summed E-state index contributed by atoms with van der Waals surface area (Å²) < 4.78 is 0. The van der Waals surface area contributed by atoms with Gasteiger partial charge >= 0.3 is 0 Å². The Bertz CT molecular complexity index is 459. The second kappa shape index (κ2) is 5.93. The fourth-order valence-electron chi connectivity index (χ4n) is 2.43. The molecule has 1 aromatic carbocycles. The summed E-state index contributed by atoms with van der Waals surface area (Å²) in [6.07, 6.45) is 2.58. The monoisotopic (exact) mass is 281 g/mol. The molecule has 19 heavy (non-hydrogen) atoms. The van der Waals surface area contributed by atoms with E-state index in [0.717, 1.165) is 24.9 Å². The Morgan fingerprint density at radius 3 is 2.84 bits per heavy atom. The van der Waals surface area contributed by atoms with Crippen LogP contribution in [0.4, 0.5) is 0 Å². The van der Waals surface area contributed by atoms with Crippen LogP contribution in [0.3, 0.4) is 0 Å². The van der Waals surface area contributed by atoms with E-state index in [1.54, 1.807) is 6.07 Å². The molecule has 1 unspecified atom stereocenters. The average molecular weight is 282 g/mol. The van der Waals surface area contributed by atoms with E-state index in [9.17, 15) is 9.90 Å². The van der Waals surface area contributed by atoms with Gasteiger partial charge in [-0.3, -0.25) is 4.79 Å². The molecule has 0 aromatic heterocycles. The van der Waals surface area contributed by atoms with Gasteiger partial charge < -0.3 is 10.0 Å². The van der Waals surface area contributed by atoms with Crippen molar-refractivity contribution in [1.29, 1.82) is 0 Å². The van der Waals surface area contributed by atoms with Gasteiger partial charge in [0.05, 0.1) is 12.0 Å². The summed E-state index contributed by atoms with van der Waals surface area (Å²) in [5.41, 5.74) is 0.226. The first-order valence-electron chi connectivity index (χ1n) is 6.71. The Morgan fingerprint density at radius 1 is 1.37 bits per heavy atom.